The third-order valence-corrected chi connectivity index (χ3v) is 12.3. The van der Waals surface area contributed by atoms with Gasteiger partial charge in [-0.3, -0.25) is 0 Å². The van der Waals surface area contributed by atoms with Crippen LogP contribution in [0.2, 0.25) is 0 Å². The molecule has 0 aliphatic rings. The van der Waals surface area contributed by atoms with Gasteiger partial charge < -0.3 is 9.13 Å². The summed E-state index contributed by atoms with van der Waals surface area (Å²) < 4.78 is 7.62. The minimum absolute atomic E-state index is 1.16. The minimum Gasteiger partial charge on any atom is -0.309 e. The largest absolute Gasteiger partial charge is 0.309 e. The lowest BCUT2D eigenvalue weighted by atomic mass is 9.93. The van der Waals surface area contributed by atoms with Crippen LogP contribution >= 0.6 is 11.3 Å². The number of hydrogen-bond donors (Lipinski definition) is 0. The van der Waals surface area contributed by atoms with Gasteiger partial charge in [0, 0.05) is 42.7 Å². The van der Waals surface area contributed by atoms with Crippen LogP contribution < -0.4 is 0 Å². The molecule has 0 aliphatic heterocycles. The van der Waals surface area contributed by atoms with Gasteiger partial charge in [0.15, 0.2) is 0 Å². The fraction of sp³-hybridized carbons (Fsp3) is 0. The minimum atomic E-state index is 1.16. The Labute approximate surface area is 296 Å². The first-order chi connectivity index (χ1) is 25.3. The predicted molar refractivity (Wildman–Crippen MR) is 221 cm³/mol. The van der Waals surface area contributed by atoms with Crippen molar-refractivity contribution in [2.75, 3.05) is 0 Å². The van der Waals surface area contributed by atoms with Crippen molar-refractivity contribution in [3.05, 3.63) is 170 Å². The van der Waals surface area contributed by atoms with Gasteiger partial charge in [-0.25, -0.2) is 0 Å². The third-order valence-electron chi connectivity index (χ3n) is 11.1. The van der Waals surface area contributed by atoms with Gasteiger partial charge in [0.2, 0.25) is 0 Å². The summed E-state index contributed by atoms with van der Waals surface area (Å²) in [6, 6.07) is 62.9. The van der Waals surface area contributed by atoms with Crippen LogP contribution in [0.3, 0.4) is 0 Å². The zero-order valence-corrected chi connectivity index (χ0v) is 28.3. The lowest BCUT2D eigenvalue weighted by Crippen LogP contribution is -1.96. The zero-order chi connectivity index (χ0) is 33.2. The molecule has 12 aromatic rings. The van der Waals surface area contributed by atoms with E-state index in [2.05, 4.69) is 179 Å². The van der Waals surface area contributed by atoms with E-state index in [1.807, 2.05) is 11.3 Å². The molecule has 3 aromatic heterocycles. The summed E-state index contributed by atoms with van der Waals surface area (Å²) in [7, 11) is 0. The van der Waals surface area contributed by atoms with Crippen LogP contribution in [0.25, 0.3) is 107 Å². The number of para-hydroxylation sites is 2. The predicted octanol–water partition coefficient (Wildman–Crippen LogP) is 13.7. The Hall–Kier alpha value is -6.42. The highest BCUT2D eigenvalue weighted by Crippen LogP contribution is 2.45. The second-order valence-electron chi connectivity index (χ2n) is 13.7. The second kappa shape index (κ2) is 10.1. The Kier molecular flexibility index (Phi) is 5.41. The Balaban J connectivity index is 1.28. The number of benzene rings is 9. The van der Waals surface area contributed by atoms with Crippen LogP contribution in [0.15, 0.2) is 170 Å². The molecular formula is C48H28N2S. The summed E-state index contributed by atoms with van der Waals surface area (Å²) >= 11 is 1.89. The van der Waals surface area contributed by atoms with E-state index >= 15 is 0 Å². The van der Waals surface area contributed by atoms with Crippen LogP contribution in [0.5, 0.6) is 0 Å². The number of aromatic nitrogens is 2. The Morgan fingerprint density at radius 3 is 1.55 bits per heavy atom. The third kappa shape index (κ3) is 3.65. The van der Waals surface area contributed by atoms with Crippen LogP contribution in [-0.2, 0) is 0 Å². The Bertz CT molecular complexity index is 3410. The van der Waals surface area contributed by atoms with Crippen LogP contribution in [0, 0.1) is 0 Å². The van der Waals surface area contributed by atoms with Crippen molar-refractivity contribution in [1.82, 2.24) is 9.13 Å². The van der Waals surface area contributed by atoms with Crippen molar-refractivity contribution in [3.8, 4) is 11.4 Å². The molecule has 0 aliphatic carbocycles. The maximum atomic E-state index is 2.51. The molecule has 0 radical (unpaired) electrons. The standard InChI is InChI=1S/C48H28N2S/c1-2-13-29(14-3-1)49-44-27-38-33-18-7-5-16-31(33)30-15-4-6-17-32(30)37(38)25-40(44)41-26-39-34-19-8-10-22-42(34)50(46(39)28-45(41)49)43-23-12-21-36-35-20-9-11-24-47(35)51-48(36)43/h1-28H. The molecule has 0 saturated carbocycles. The zero-order valence-electron chi connectivity index (χ0n) is 27.5. The molecule has 0 saturated heterocycles. The van der Waals surface area contributed by atoms with Crippen molar-refractivity contribution in [1.29, 1.82) is 0 Å². The van der Waals surface area contributed by atoms with Gasteiger partial charge in [-0.1, -0.05) is 115 Å². The van der Waals surface area contributed by atoms with Gasteiger partial charge >= 0.3 is 0 Å². The number of hydrogen-bond acceptors (Lipinski definition) is 1. The summed E-state index contributed by atoms with van der Waals surface area (Å²) in [4.78, 5) is 0. The summed E-state index contributed by atoms with van der Waals surface area (Å²) in [6.07, 6.45) is 0. The molecule has 0 unspecified atom stereocenters. The SMILES string of the molecule is c1ccc(-n2c3cc4c5ccccc5c5ccccc5c4cc3c3cc4c5ccccc5n(-c5cccc6c5sc5ccccc56)c4cc32)cc1. The first kappa shape index (κ1) is 27.4. The summed E-state index contributed by atoms with van der Waals surface area (Å²) in [5.41, 5.74) is 7.26. The number of fused-ring (bicyclic) bond motifs is 15. The molecule has 0 spiro atoms. The van der Waals surface area contributed by atoms with E-state index < -0.39 is 0 Å². The van der Waals surface area contributed by atoms with E-state index in [1.165, 1.54) is 102 Å². The first-order valence-electron chi connectivity index (χ1n) is 17.5. The Morgan fingerprint density at radius 2 is 0.804 bits per heavy atom. The molecule has 0 N–H and O–H groups in total. The molecule has 0 bridgehead atoms. The summed E-state index contributed by atoms with van der Waals surface area (Å²) in [6.45, 7) is 0. The van der Waals surface area contributed by atoms with Gasteiger partial charge in [0.1, 0.15) is 0 Å². The van der Waals surface area contributed by atoms with E-state index in [4.69, 9.17) is 0 Å². The molecule has 0 amide bonds. The van der Waals surface area contributed by atoms with Crippen LogP contribution in [0.4, 0.5) is 0 Å². The monoisotopic (exact) mass is 664 g/mol. The van der Waals surface area contributed by atoms with Crippen LogP contribution in [-0.4, -0.2) is 9.13 Å². The van der Waals surface area contributed by atoms with E-state index in [9.17, 15) is 0 Å². The molecular weight excluding hydrogens is 637 g/mol. The highest BCUT2D eigenvalue weighted by Gasteiger charge is 2.21. The van der Waals surface area contributed by atoms with Gasteiger partial charge in [-0.2, -0.15) is 0 Å². The molecule has 0 fully saturated rings. The molecule has 12 rings (SSSR count). The topological polar surface area (TPSA) is 9.86 Å². The van der Waals surface area contributed by atoms with E-state index in [-0.39, 0.29) is 0 Å². The quantitative estimate of drug-likeness (QED) is 0.163. The van der Waals surface area contributed by atoms with E-state index in [0.29, 0.717) is 0 Å². The molecule has 2 nitrogen and oxygen atoms in total. The summed E-state index contributed by atoms with van der Waals surface area (Å²) in [5.74, 6) is 0. The lowest BCUT2D eigenvalue weighted by molar-refractivity contribution is 1.17. The average Bonchev–Trinajstić information content (AvgIpc) is 3.84. The molecule has 51 heavy (non-hydrogen) atoms. The summed E-state index contributed by atoms with van der Waals surface area (Å²) in [5, 5.41) is 15.5. The van der Waals surface area contributed by atoms with Crippen molar-refractivity contribution in [2.45, 2.75) is 0 Å². The van der Waals surface area contributed by atoms with Gasteiger partial charge in [-0.15, -0.1) is 11.3 Å². The average molecular weight is 665 g/mol. The smallest absolute Gasteiger partial charge is 0.0640 e. The number of nitrogens with zero attached hydrogens (tertiary/aromatic N) is 2. The van der Waals surface area contributed by atoms with Crippen LogP contribution in [0.1, 0.15) is 0 Å². The maximum absolute atomic E-state index is 2.51. The van der Waals surface area contributed by atoms with Crippen molar-refractivity contribution in [2.24, 2.45) is 0 Å². The van der Waals surface area contributed by atoms with Crippen molar-refractivity contribution in [3.63, 3.8) is 0 Å². The van der Waals surface area contributed by atoms with Crippen molar-refractivity contribution < 1.29 is 0 Å². The van der Waals surface area contributed by atoms with E-state index in [1.54, 1.807) is 0 Å². The molecule has 3 heterocycles. The first-order valence-corrected chi connectivity index (χ1v) is 18.3. The van der Waals surface area contributed by atoms with Gasteiger partial charge in [0.25, 0.3) is 0 Å². The molecule has 236 valence electrons. The van der Waals surface area contributed by atoms with Crippen molar-refractivity contribution >= 4 is 107 Å². The normalized spacial score (nSPS) is 12.3. The number of thiophene rings is 1. The highest BCUT2D eigenvalue weighted by atomic mass is 32.1. The molecule has 9 aromatic carbocycles. The second-order valence-corrected chi connectivity index (χ2v) is 14.7. The lowest BCUT2D eigenvalue weighted by Gasteiger charge is -2.12. The maximum Gasteiger partial charge on any atom is 0.0640 e. The fourth-order valence-electron chi connectivity index (χ4n) is 8.90. The molecule has 0 atom stereocenters. The highest BCUT2D eigenvalue weighted by molar-refractivity contribution is 7.26. The van der Waals surface area contributed by atoms with Gasteiger partial charge in [-0.05, 0) is 86.9 Å². The van der Waals surface area contributed by atoms with E-state index in [0.717, 1.165) is 5.69 Å². The number of rotatable bonds is 2. The fourth-order valence-corrected chi connectivity index (χ4v) is 10.1. The molecule has 3 heteroatoms. The Morgan fingerprint density at radius 1 is 0.294 bits per heavy atom. The van der Waals surface area contributed by atoms with Gasteiger partial charge in [0.05, 0.1) is 32.5 Å².